The number of benzene rings is 1. The van der Waals surface area contributed by atoms with E-state index in [1.807, 2.05) is 6.07 Å². The predicted molar refractivity (Wildman–Crippen MR) is 89.3 cm³/mol. The van der Waals surface area contributed by atoms with E-state index < -0.39 is 0 Å². The molecule has 1 fully saturated rings. The number of fused-ring (bicyclic) bond motifs is 1. The standard InChI is InChI=1S/C16H23N3OS/c1-18(10-11-19-7-2-3-8-19)9-6-13-4-5-14-15(12-13)21-16(20)17-14/h4-5,12H,2-3,6-11H2,1H3,(H,17,20). The molecule has 1 N–H and O–H groups in total. The largest absolute Gasteiger partial charge is 0.312 e. The van der Waals surface area contributed by atoms with Crippen LogP contribution in [0.25, 0.3) is 10.2 Å². The van der Waals surface area contributed by atoms with Crippen LogP contribution in [-0.2, 0) is 6.42 Å². The zero-order chi connectivity index (χ0) is 14.7. The summed E-state index contributed by atoms with van der Waals surface area (Å²) >= 11 is 1.30. The first-order valence-electron chi connectivity index (χ1n) is 7.73. The second-order valence-corrected chi connectivity index (χ2v) is 6.96. The van der Waals surface area contributed by atoms with E-state index in [4.69, 9.17) is 0 Å². The summed E-state index contributed by atoms with van der Waals surface area (Å²) in [5.41, 5.74) is 2.27. The van der Waals surface area contributed by atoms with Crippen molar-refractivity contribution in [2.75, 3.05) is 39.8 Å². The number of hydrogen-bond donors (Lipinski definition) is 1. The van der Waals surface area contributed by atoms with Gasteiger partial charge in [0.1, 0.15) is 0 Å². The van der Waals surface area contributed by atoms with Gasteiger partial charge in [-0.05, 0) is 57.1 Å². The third-order valence-electron chi connectivity index (χ3n) is 4.26. The molecule has 21 heavy (non-hydrogen) atoms. The Morgan fingerprint density at radius 3 is 2.90 bits per heavy atom. The van der Waals surface area contributed by atoms with Gasteiger partial charge in [-0.1, -0.05) is 17.4 Å². The lowest BCUT2D eigenvalue weighted by Crippen LogP contribution is -2.32. The molecule has 2 aromatic rings. The molecule has 1 aromatic heterocycles. The predicted octanol–water partition coefficient (Wildman–Crippen LogP) is 2.16. The van der Waals surface area contributed by atoms with Crippen molar-refractivity contribution >= 4 is 21.6 Å². The van der Waals surface area contributed by atoms with Gasteiger partial charge in [0.05, 0.1) is 10.2 Å². The number of thiazole rings is 1. The molecule has 1 aliphatic heterocycles. The van der Waals surface area contributed by atoms with E-state index >= 15 is 0 Å². The van der Waals surface area contributed by atoms with Gasteiger partial charge in [-0.2, -0.15) is 0 Å². The van der Waals surface area contributed by atoms with Crippen molar-refractivity contribution in [1.82, 2.24) is 14.8 Å². The fourth-order valence-electron chi connectivity index (χ4n) is 2.90. The molecule has 0 radical (unpaired) electrons. The molecule has 1 saturated heterocycles. The number of likely N-dealkylation sites (tertiary alicyclic amines) is 1. The quantitative estimate of drug-likeness (QED) is 0.889. The first-order valence-corrected chi connectivity index (χ1v) is 8.55. The highest BCUT2D eigenvalue weighted by atomic mass is 32.1. The minimum absolute atomic E-state index is 0.0323. The summed E-state index contributed by atoms with van der Waals surface area (Å²) in [4.78, 5) is 19.2. The van der Waals surface area contributed by atoms with Gasteiger partial charge in [-0.25, -0.2) is 0 Å². The Labute approximate surface area is 129 Å². The van der Waals surface area contributed by atoms with Crippen molar-refractivity contribution in [3.8, 4) is 0 Å². The number of hydrogen-bond acceptors (Lipinski definition) is 4. The van der Waals surface area contributed by atoms with Gasteiger partial charge in [-0.15, -0.1) is 0 Å². The van der Waals surface area contributed by atoms with Crippen LogP contribution in [0.2, 0.25) is 0 Å². The van der Waals surface area contributed by atoms with Crippen LogP contribution in [0.3, 0.4) is 0 Å². The highest BCUT2D eigenvalue weighted by Gasteiger charge is 2.11. The van der Waals surface area contributed by atoms with Crippen LogP contribution in [0.15, 0.2) is 23.0 Å². The zero-order valence-electron chi connectivity index (χ0n) is 12.6. The monoisotopic (exact) mass is 305 g/mol. The van der Waals surface area contributed by atoms with Crippen molar-refractivity contribution in [3.63, 3.8) is 0 Å². The molecule has 0 spiro atoms. The molecule has 0 saturated carbocycles. The molecule has 1 aromatic carbocycles. The average molecular weight is 305 g/mol. The summed E-state index contributed by atoms with van der Waals surface area (Å²) in [5, 5.41) is 0. The number of rotatable bonds is 6. The van der Waals surface area contributed by atoms with E-state index in [1.54, 1.807) is 0 Å². The van der Waals surface area contributed by atoms with Gasteiger partial charge in [-0.3, -0.25) is 4.79 Å². The van der Waals surface area contributed by atoms with Gasteiger partial charge >= 0.3 is 4.87 Å². The number of H-pyrrole nitrogens is 1. The van der Waals surface area contributed by atoms with Crippen LogP contribution < -0.4 is 4.87 Å². The van der Waals surface area contributed by atoms with Crippen LogP contribution in [0.4, 0.5) is 0 Å². The third kappa shape index (κ3) is 3.93. The summed E-state index contributed by atoms with van der Waals surface area (Å²) in [6, 6.07) is 6.29. The van der Waals surface area contributed by atoms with Gasteiger partial charge in [0.2, 0.25) is 0 Å². The lowest BCUT2D eigenvalue weighted by molar-refractivity contribution is 0.259. The van der Waals surface area contributed by atoms with E-state index in [1.165, 1.54) is 49.4 Å². The maximum absolute atomic E-state index is 11.3. The molecular weight excluding hydrogens is 282 g/mol. The summed E-state index contributed by atoms with van der Waals surface area (Å²) in [5.74, 6) is 0. The molecule has 0 bridgehead atoms. The highest BCUT2D eigenvalue weighted by molar-refractivity contribution is 7.16. The SMILES string of the molecule is CN(CCc1ccc2[nH]c(=O)sc2c1)CCN1CCCC1. The lowest BCUT2D eigenvalue weighted by atomic mass is 10.1. The molecule has 0 atom stereocenters. The van der Waals surface area contributed by atoms with Crippen LogP contribution >= 0.6 is 11.3 Å². The Balaban J connectivity index is 1.49. The molecule has 4 nitrogen and oxygen atoms in total. The zero-order valence-corrected chi connectivity index (χ0v) is 13.4. The molecule has 0 aliphatic carbocycles. The first-order chi connectivity index (χ1) is 10.2. The number of aromatic amines is 1. The maximum atomic E-state index is 11.3. The Kier molecular flexibility index (Phi) is 4.73. The summed E-state index contributed by atoms with van der Waals surface area (Å²) in [6.07, 6.45) is 3.77. The Morgan fingerprint density at radius 2 is 2.10 bits per heavy atom. The number of aromatic nitrogens is 1. The number of nitrogens with one attached hydrogen (secondary N) is 1. The van der Waals surface area contributed by atoms with E-state index in [0.29, 0.717) is 0 Å². The minimum Gasteiger partial charge on any atom is -0.312 e. The summed E-state index contributed by atoms with van der Waals surface area (Å²) in [6.45, 7) is 5.95. The molecule has 0 unspecified atom stereocenters. The van der Waals surface area contributed by atoms with E-state index in [9.17, 15) is 4.79 Å². The molecular formula is C16H23N3OS. The van der Waals surface area contributed by atoms with Gasteiger partial charge in [0, 0.05) is 19.6 Å². The highest BCUT2D eigenvalue weighted by Crippen LogP contribution is 2.16. The number of nitrogens with zero attached hydrogens (tertiary/aromatic N) is 2. The van der Waals surface area contributed by atoms with E-state index in [2.05, 4.69) is 34.0 Å². The van der Waals surface area contributed by atoms with Crippen LogP contribution in [0, 0.1) is 0 Å². The Bertz CT molecular complexity index is 642. The van der Waals surface area contributed by atoms with Crippen molar-refractivity contribution in [2.24, 2.45) is 0 Å². The van der Waals surface area contributed by atoms with Crippen molar-refractivity contribution < 1.29 is 0 Å². The maximum Gasteiger partial charge on any atom is 0.305 e. The normalized spacial score (nSPS) is 16.3. The van der Waals surface area contributed by atoms with E-state index in [-0.39, 0.29) is 4.87 Å². The molecule has 1 aliphatic rings. The van der Waals surface area contributed by atoms with Crippen molar-refractivity contribution in [1.29, 1.82) is 0 Å². The first kappa shape index (κ1) is 14.8. The summed E-state index contributed by atoms with van der Waals surface area (Å²) < 4.78 is 1.07. The summed E-state index contributed by atoms with van der Waals surface area (Å²) in [7, 11) is 2.20. The molecule has 5 heteroatoms. The van der Waals surface area contributed by atoms with Gasteiger partial charge in [0.25, 0.3) is 0 Å². The smallest absolute Gasteiger partial charge is 0.305 e. The van der Waals surface area contributed by atoms with Crippen LogP contribution in [0.1, 0.15) is 18.4 Å². The second-order valence-electron chi connectivity index (χ2n) is 5.95. The van der Waals surface area contributed by atoms with E-state index in [0.717, 1.165) is 29.7 Å². The molecule has 0 amide bonds. The topological polar surface area (TPSA) is 39.3 Å². The minimum atomic E-state index is 0.0323. The average Bonchev–Trinajstić information content (AvgIpc) is 3.10. The Hall–Kier alpha value is -1.17. The van der Waals surface area contributed by atoms with Gasteiger partial charge in [0.15, 0.2) is 0 Å². The fraction of sp³-hybridized carbons (Fsp3) is 0.562. The fourth-order valence-corrected chi connectivity index (χ4v) is 3.70. The second kappa shape index (κ2) is 6.73. The lowest BCUT2D eigenvalue weighted by Gasteiger charge is -2.21. The Morgan fingerprint density at radius 1 is 1.29 bits per heavy atom. The molecule has 3 rings (SSSR count). The van der Waals surface area contributed by atoms with Crippen LogP contribution in [0.5, 0.6) is 0 Å². The molecule has 2 heterocycles. The molecule has 114 valence electrons. The van der Waals surface area contributed by atoms with Crippen LogP contribution in [-0.4, -0.2) is 54.6 Å². The number of likely N-dealkylation sites (N-methyl/N-ethyl adjacent to an activating group) is 1. The van der Waals surface area contributed by atoms with Gasteiger partial charge < -0.3 is 14.8 Å². The third-order valence-corrected chi connectivity index (χ3v) is 5.11. The van der Waals surface area contributed by atoms with Crippen molar-refractivity contribution in [3.05, 3.63) is 33.4 Å². The van der Waals surface area contributed by atoms with Crippen molar-refractivity contribution in [2.45, 2.75) is 19.3 Å².